The molecule has 1 aromatic heterocycles. The van der Waals surface area contributed by atoms with Crippen LogP contribution in [0.4, 0.5) is 0 Å². The van der Waals surface area contributed by atoms with E-state index in [-0.39, 0.29) is 18.3 Å². The number of carbonyl (C=O) groups excluding carboxylic acids is 2. The standard InChI is InChI=1S/C23H27ClN4O4.CH2O2/c1-16-17(3-2-4-18(16)24)20(29)26-8-5-23(6-9-26)22-25-7-10-28(22)15-19(32-23)21(30)27-11-13-31-14-12-27;2-1-3/h2-4,7,10,19H,5-6,8-9,11-15H2,1H3;1H,(H,2,3). The number of fused-ring (bicyclic) bond motifs is 2. The molecule has 1 spiro atoms. The molecule has 1 aromatic carbocycles. The number of amides is 2. The van der Waals surface area contributed by atoms with Crippen LogP contribution < -0.4 is 0 Å². The molecule has 0 radical (unpaired) electrons. The van der Waals surface area contributed by atoms with Gasteiger partial charge in [-0.2, -0.15) is 0 Å². The molecule has 35 heavy (non-hydrogen) atoms. The number of carboxylic acid groups (broad SMARTS) is 1. The zero-order valence-corrected chi connectivity index (χ0v) is 20.3. The monoisotopic (exact) mass is 504 g/mol. The van der Waals surface area contributed by atoms with Crippen LogP contribution in [0.25, 0.3) is 0 Å². The van der Waals surface area contributed by atoms with E-state index in [1.165, 1.54) is 0 Å². The summed E-state index contributed by atoms with van der Waals surface area (Å²) in [7, 11) is 0. The first-order chi connectivity index (χ1) is 16.9. The van der Waals surface area contributed by atoms with E-state index in [0.717, 1.165) is 11.4 Å². The summed E-state index contributed by atoms with van der Waals surface area (Å²) in [6.45, 7) is 5.40. The third kappa shape index (κ3) is 5.05. The Hall–Kier alpha value is -2.95. The molecule has 4 heterocycles. The second kappa shape index (κ2) is 10.8. The van der Waals surface area contributed by atoms with Gasteiger partial charge in [0, 0.05) is 62.0 Å². The van der Waals surface area contributed by atoms with Crippen LogP contribution in [0.1, 0.15) is 34.6 Å². The first kappa shape index (κ1) is 25.2. The molecule has 188 valence electrons. The molecule has 3 aliphatic rings. The Bertz CT molecular complexity index is 1080. The fourth-order valence-electron chi connectivity index (χ4n) is 4.93. The first-order valence-electron chi connectivity index (χ1n) is 11.6. The molecule has 1 atom stereocenters. The van der Waals surface area contributed by atoms with Gasteiger partial charge in [-0.15, -0.1) is 0 Å². The quantitative estimate of drug-likeness (QED) is 0.621. The topological polar surface area (TPSA) is 114 Å². The molecule has 1 N–H and O–H groups in total. The summed E-state index contributed by atoms with van der Waals surface area (Å²) in [6, 6.07) is 5.41. The molecule has 3 aliphatic heterocycles. The highest BCUT2D eigenvalue weighted by molar-refractivity contribution is 6.31. The second-order valence-corrected chi connectivity index (χ2v) is 9.16. The molecule has 0 saturated carbocycles. The lowest BCUT2D eigenvalue weighted by Crippen LogP contribution is -2.56. The third-order valence-corrected chi connectivity index (χ3v) is 7.22. The maximum absolute atomic E-state index is 13.2. The minimum atomic E-state index is -0.672. The molecule has 1 unspecified atom stereocenters. The maximum Gasteiger partial charge on any atom is 0.290 e. The second-order valence-electron chi connectivity index (χ2n) is 8.75. The SMILES string of the molecule is Cc1c(Cl)cccc1C(=O)N1CCC2(CC1)OC(C(=O)N1CCOCC1)Cn1ccnc12.O=CO. The summed E-state index contributed by atoms with van der Waals surface area (Å²) >= 11 is 6.22. The summed E-state index contributed by atoms with van der Waals surface area (Å²) in [6.07, 6.45) is 4.28. The normalized spacial score (nSPS) is 21.0. The number of piperidine rings is 1. The molecular weight excluding hydrogens is 476 g/mol. The van der Waals surface area contributed by atoms with E-state index in [1.807, 2.05) is 33.6 Å². The van der Waals surface area contributed by atoms with Crippen molar-refractivity contribution in [1.82, 2.24) is 19.4 Å². The minimum absolute atomic E-state index is 0.0000770. The van der Waals surface area contributed by atoms with Gasteiger partial charge in [-0.25, -0.2) is 4.98 Å². The number of imidazole rings is 1. The van der Waals surface area contributed by atoms with Gasteiger partial charge in [0.05, 0.1) is 19.8 Å². The average molecular weight is 505 g/mol. The van der Waals surface area contributed by atoms with Crippen LogP contribution in [0.15, 0.2) is 30.6 Å². The zero-order valence-electron chi connectivity index (χ0n) is 19.6. The summed E-state index contributed by atoms with van der Waals surface area (Å²) in [5.74, 6) is 0.814. The van der Waals surface area contributed by atoms with Gasteiger partial charge in [-0.05, 0) is 24.6 Å². The first-order valence-corrected chi connectivity index (χ1v) is 12.0. The van der Waals surface area contributed by atoms with E-state index in [2.05, 4.69) is 4.98 Å². The molecule has 2 amide bonds. The van der Waals surface area contributed by atoms with E-state index in [4.69, 9.17) is 31.0 Å². The van der Waals surface area contributed by atoms with E-state index in [0.29, 0.717) is 69.4 Å². The number of likely N-dealkylation sites (tertiary alicyclic amines) is 1. The van der Waals surface area contributed by atoms with Crippen molar-refractivity contribution in [2.24, 2.45) is 0 Å². The van der Waals surface area contributed by atoms with Crippen LogP contribution >= 0.6 is 11.6 Å². The van der Waals surface area contributed by atoms with Crippen molar-refractivity contribution in [3.8, 4) is 0 Å². The lowest BCUT2D eigenvalue weighted by Gasteiger charge is -2.46. The van der Waals surface area contributed by atoms with Gasteiger partial charge < -0.3 is 28.9 Å². The molecular formula is C24H29ClN4O6. The van der Waals surface area contributed by atoms with Crippen LogP contribution in [0, 0.1) is 6.92 Å². The van der Waals surface area contributed by atoms with E-state index < -0.39 is 11.7 Å². The van der Waals surface area contributed by atoms with Gasteiger partial charge >= 0.3 is 0 Å². The summed E-state index contributed by atoms with van der Waals surface area (Å²) in [5.41, 5.74) is 0.745. The number of carbonyl (C=O) groups is 3. The van der Waals surface area contributed by atoms with Crippen molar-refractivity contribution in [3.63, 3.8) is 0 Å². The summed E-state index contributed by atoms with van der Waals surface area (Å²) < 4.78 is 13.9. The number of aromatic nitrogens is 2. The Morgan fingerprint density at radius 3 is 2.54 bits per heavy atom. The van der Waals surface area contributed by atoms with Gasteiger partial charge in [-0.1, -0.05) is 17.7 Å². The number of hydrogen-bond donors (Lipinski definition) is 1. The van der Waals surface area contributed by atoms with Gasteiger partial charge in [0.1, 0.15) is 11.4 Å². The van der Waals surface area contributed by atoms with Crippen LogP contribution in [0.2, 0.25) is 5.02 Å². The maximum atomic E-state index is 13.2. The number of nitrogens with zero attached hydrogens (tertiary/aromatic N) is 4. The van der Waals surface area contributed by atoms with E-state index >= 15 is 0 Å². The molecule has 10 nitrogen and oxygen atoms in total. The van der Waals surface area contributed by atoms with Crippen molar-refractivity contribution in [3.05, 3.63) is 52.6 Å². The lowest BCUT2D eigenvalue weighted by atomic mass is 9.88. The largest absolute Gasteiger partial charge is 0.483 e. The fraction of sp³-hybridized carbons (Fsp3) is 0.500. The molecule has 2 aromatic rings. The highest BCUT2D eigenvalue weighted by Gasteiger charge is 2.48. The Kier molecular flexibility index (Phi) is 7.73. The van der Waals surface area contributed by atoms with Gasteiger partial charge in [0.15, 0.2) is 6.10 Å². The number of rotatable bonds is 2. The Balaban J connectivity index is 0.000000917. The van der Waals surface area contributed by atoms with Crippen molar-refractivity contribution < 1.29 is 29.0 Å². The van der Waals surface area contributed by atoms with Gasteiger partial charge in [0.25, 0.3) is 18.3 Å². The molecule has 2 saturated heterocycles. The van der Waals surface area contributed by atoms with E-state index in [9.17, 15) is 9.59 Å². The number of ether oxygens (including phenoxy) is 2. The molecule has 5 rings (SSSR count). The highest BCUT2D eigenvalue weighted by atomic mass is 35.5. The van der Waals surface area contributed by atoms with Crippen molar-refractivity contribution in [2.75, 3.05) is 39.4 Å². The number of benzene rings is 1. The highest BCUT2D eigenvalue weighted by Crippen LogP contribution is 2.40. The van der Waals surface area contributed by atoms with E-state index in [1.54, 1.807) is 18.3 Å². The van der Waals surface area contributed by atoms with Crippen LogP contribution in [-0.4, -0.2) is 88.2 Å². The average Bonchev–Trinajstić information content (AvgIpc) is 3.36. The van der Waals surface area contributed by atoms with Gasteiger partial charge in [0.2, 0.25) is 0 Å². The predicted molar refractivity (Wildman–Crippen MR) is 126 cm³/mol. The Morgan fingerprint density at radius 2 is 1.86 bits per heavy atom. The molecule has 0 aliphatic carbocycles. The minimum Gasteiger partial charge on any atom is -0.483 e. The lowest BCUT2D eigenvalue weighted by molar-refractivity contribution is -0.182. The Morgan fingerprint density at radius 1 is 1.17 bits per heavy atom. The smallest absolute Gasteiger partial charge is 0.290 e. The third-order valence-electron chi connectivity index (χ3n) is 6.81. The fourth-order valence-corrected chi connectivity index (χ4v) is 5.11. The molecule has 0 bridgehead atoms. The summed E-state index contributed by atoms with van der Waals surface area (Å²) in [5, 5.41) is 7.48. The summed E-state index contributed by atoms with van der Waals surface area (Å²) in [4.78, 5) is 42.9. The van der Waals surface area contributed by atoms with Crippen LogP contribution in [-0.2, 0) is 31.2 Å². The van der Waals surface area contributed by atoms with Crippen LogP contribution in [0.5, 0.6) is 0 Å². The zero-order chi connectivity index (χ0) is 25.0. The van der Waals surface area contributed by atoms with Crippen LogP contribution in [0.3, 0.4) is 0 Å². The molecule has 2 fully saturated rings. The molecule has 11 heteroatoms. The number of morpholine rings is 1. The van der Waals surface area contributed by atoms with Crippen molar-refractivity contribution >= 4 is 29.9 Å². The Labute approximate surface area is 208 Å². The predicted octanol–water partition coefficient (Wildman–Crippen LogP) is 1.93. The van der Waals surface area contributed by atoms with Crippen molar-refractivity contribution in [1.29, 1.82) is 0 Å². The van der Waals surface area contributed by atoms with Gasteiger partial charge in [-0.3, -0.25) is 14.4 Å². The number of halogens is 1. The number of hydrogen-bond acceptors (Lipinski definition) is 6. The van der Waals surface area contributed by atoms with Crippen molar-refractivity contribution in [2.45, 2.75) is 38.0 Å².